The lowest BCUT2D eigenvalue weighted by Crippen LogP contribution is -2.25. The molecule has 0 aliphatic carbocycles. The van der Waals surface area contributed by atoms with Gasteiger partial charge in [0.2, 0.25) is 0 Å². The Bertz CT molecular complexity index is 281. The first-order valence-electron chi connectivity index (χ1n) is 11.7. The van der Waals surface area contributed by atoms with Gasteiger partial charge in [0, 0.05) is 0 Å². The quantitative estimate of drug-likeness (QED) is 0.179. The predicted octanol–water partition coefficient (Wildman–Crippen LogP) is 6.79. The molecule has 26 heavy (non-hydrogen) atoms. The Labute approximate surface area is 164 Å². The Balaban J connectivity index is 3.06. The molecular weight excluding hydrogens is 322 g/mol. The van der Waals surface area contributed by atoms with Gasteiger partial charge in [-0.1, -0.05) is 110 Å². The van der Waals surface area contributed by atoms with Crippen molar-refractivity contribution in [2.45, 2.75) is 123 Å². The van der Waals surface area contributed by atoms with Crippen LogP contribution in [0.15, 0.2) is 0 Å². The highest BCUT2D eigenvalue weighted by molar-refractivity contribution is 5.71. The summed E-state index contributed by atoms with van der Waals surface area (Å²) in [5.74, 6) is -0.112. The Hall–Kier alpha value is -0.570. The molecule has 156 valence electrons. The number of hydrogen-bond donors (Lipinski definition) is 1. The van der Waals surface area contributed by atoms with Crippen LogP contribution in [0.25, 0.3) is 0 Å². The number of carbonyl (C=O) groups excluding carboxylic acids is 1. The molecule has 0 saturated carbocycles. The van der Waals surface area contributed by atoms with Crippen LogP contribution in [-0.4, -0.2) is 25.7 Å². The molecule has 0 aromatic heterocycles. The summed E-state index contributed by atoms with van der Waals surface area (Å²) in [4.78, 5) is 11.4. The highest BCUT2D eigenvalue weighted by Crippen LogP contribution is 2.13. The zero-order valence-electron chi connectivity index (χ0n) is 18.0. The lowest BCUT2D eigenvalue weighted by atomic mass is 10.0. The van der Waals surface area contributed by atoms with Crippen LogP contribution in [0.3, 0.4) is 0 Å². The molecule has 0 unspecified atom stereocenters. The van der Waals surface area contributed by atoms with Crippen molar-refractivity contribution < 1.29 is 9.53 Å². The summed E-state index contributed by atoms with van der Waals surface area (Å²) in [6.07, 6.45) is 22.9. The first-order chi connectivity index (χ1) is 12.8. The Kier molecular flexibility index (Phi) is 22.0. The molecule has 3 heteroatoms. The first-order valence-corrected chi connectivity index (χ1v) is 11.7. The van der Waals surface area contributed by atoms with Gasteiger partial charge in [-0.05, 0) is 19.4 Å². The fourth-order valence-corrected chi connectivity index (χ4v) is 3.25. The molecule has 0 fully saturated rings. The van der Waals surface area contributed by atoms with E-state index in [0.29, 0.717) is 13.2 Å². The second-order valence-corrected chi connectivity index (χ2v) is 7.70. The van der Waals surface area contributed by atoms with Gasteiger partial charge in [-0.3, -0.25) is 4.79 Å². The normalized spacial score (nSPS) is 11.0. The van der Waals surface area contributed by atoms with E-state index in [-0.39, 0.29) is 5.97 Å². The van der Waals surface area contributed by atoms with Crippen LogP contribution in [-0.2, 0) is 9.53 Å². The van der Waals surface area contributed by atoms with Gasteiger partial charge in [-0.25, -0.2) is 0 Å². The Morgan fingerprint density at radius 3 is 1.46 bits per heavy atom. The molecule has 0 heterocycles. The first kappa shape index (κ1) is 25.4. The molecule has 0 aliphatic heterocycles. The van der Waals surface area contributed by atoms with E-state index < -0.39 is 0 Å². The summed E-state index contributed by atoms with van der Waals surface area (Å²) in [5.41, 5.74) is 0. The molecule has 0 aromatic rings. The zero-order chi connectivity index (χ0) is 19.1. The second kappa shape index (κ2) is 22.5. The molecule has 0 aromatic carbocycles. The number of esters is 1. The monoisotopic (exact) mass is 369 g/mol. The standard InChI is InChI=1S/C23H47NO2/c1-3-5-6-7-8-9-10-11-12-13-14-15-16-17-18-19-21-26-23(25)22-24-20-4-2/h24H,3-22H2,1-2H3. The van der Waals surface area contributed by atoms with Crippen LogP contribution in [0.2, 0.25) is 0 Å². The van der Waals surface area contributed by atoms with Crippen LogP contribution in [0, 0.1) is 0 Å². The van der Waals surface area contributed by atoms with E-state index in [0.717, 1.165) is 19.4 Å². The van der Waals surface area contributed by atoms with Crippen molar-refractivity contribution in [3.05, 3.63) is 0 Å². The average molecular weight is 370 g/mol. The molecule has 1 N–H and O–H groups in total. The van der Waals surface area contributed by atoms with Gasteiger partial charge in [0.25, 0.3) is 0 Å². The molecule has 0 bridgehead atoms. The molecule has 0 saturated heterocycles. The van der Waals surface area contributed by atoms with Crippen molar-refractivity contribution in [1.29, 1.82) is 0 Å². The Morgan fingerprint density at radius 2 is 1.04 bits per heavy atom. The van der Waals surface area contributed by atoms with Crippen LogP contribution >= 0.6 is 0 Å². The van der Waals surface area contributed by atoms with E-state index in [1.807, 2.05) is 0 Å². The van der Waals surface area contributed by atoms with Gasteiger partial charge in [0.1, 0.15) is 0 Å². The van der Waals surface area contributed by atoms with Crippen LogP contribution in [0.1, 0.15) is 123 Å². The molecule has 0 aliphatic rings. The number of unbranched alkanes of at least 4 members (excludes halogenated alkanes) is 15. The third-order valence-electron chi connectivity index (χ3n) is 4.96. The SMILES string of the molecule is CCCCCCCCCCCCCCCCCCOC(=O)CNCCC. The van der Waals surface area contributed by atoms with Crippen LogP contribution in [0.4, 0.5) is 0 Å². The van der Waals surface area contributed by atoms with E-state index in [4.69, 9.17) is 4.74 Å². The van der Waals surface area contributed by atoms with E-state index in [2.05, 4.69) is 19.2 Å². The number of carbonyl (C=O) groups is 1. The zero-order valence-corrected chi connectivity index (χ0v) is 18.0. The molecular formula is C23H47NO2. The van der Waals surface area contributed by atoms with E-state index in [1.54, 1.807) is 0 Å². The lowest BCUT2D eigenvalue weighted by molar-refractivity contribution is -0.142. The summed E-state index contributed by atoms with van der Waals surface area (Å²) in [7, 11) is 0. The average Bonchev–Trinajstić information content (AvgIpc) is 2.64. The molecule has 0 rings (SSSR count). The third-order valence-corrected chi connectivity index (χ3v) is 4.96. The predicted molar refractivity (Wildman–Crippen MR) is 114 cm³/mol. The van der Waals surface area contributed by atoms with Gasteiger partial charge in [-0.15, -0.1) is 0 Å². The van der Waals surface area contributed by atoms with E-state index in [9.17, 15) is 4.79 Å². The minimum Gasteiger partial charge on any atom is -0.465 e. The fourth-order valence-electron chi connectivity index (χ4n) is 3.25. The summed E-state index contributed by atoms with van der Waals surface area (Å²) in [6, 6.07) is 0. The maximum atomic E-state index is 11.4. The maximum Gasteiger partial charge on any atom is 0.319 e. The van der Waals surface area contributed by atoms with Crippen LogP contribution < -0.4 is 5.32 Å². The highest BCUT2D eigenvalue weighted by Gasteiger charge is 2.01. The van der Waals surface area contributed by atoms with Gasteiger partial charge in [-0.2, -0.15) is 0 Å². The second-order valence-electron chi connectivity index (χ2n) is 7.70. The number of ether oxygens (including phenoxy) is 1. The van der Waals surface area contributed by atoms with Crippen molar-refractivity contribution in [2.24, 2.45) is 0 Å². The van der Waals surface area contributed by atoms with Crippen molar-refractivity contribution in [3.8, 4) is 0 Å². The van der Waals surface area contributed by atoms with E-state index in [1.165, 1.54) is 96.3 Å². The lowest BCUT2D eigenvalue weighted by Gasteiger charge is -2.06. The molecule has 0 atom stereocenters. The van der Waals surface area contributed by atoms with Crippen molar-refractivity contribution >= 4 is 5.97 Å². The van der Waals surface area contributed by atoms with Gasteiger partial charge in [0.15, 0.2) is 0 Å². The maximum absolute atomic E-state index is 11.4. The molecule has 0 amide bonds. The minimum atomic E-state index is -0.112. The number of rotatable bonds is 21. The largest absolute Gasteiger partial charge is 0.465 e. The topological polar surface area (TPSA) is 38.3 Å². The van der Waals surface area contributed by atoms with Crippen molar-refractivity contribution in [1.82, 2.24) is 5.32 Å². The summed E-state index contributed by atoms with van der Waals surface area (Å²) < 4.78 is 5.21. The fraction of sp³-hybridized carbons (Fsp3) is 0.957. The number of nitrogens with one attached hydrogen (secondary N) is 1. The van der Waals surface area contributed by atoms with Gasteiger partial charge in [0.05, 0.1) is 13.2 Å². The smallest absolute Gasteiger partial charge is 0.319 e. The number of hydrogen-bond acceptors (Lipinski definition) is 3. The summed E-state index contributed by atoms with van der Waals surface area (Å²) in [6.45, 7) is 6.20. The van der Waals surface area contributed by atoms with Crippen molar-refractivity contribution in [2.75, 3.05) is 19.7 Å². The summed E-state index contributed by atoms with van der Waals surface area (Å²) in [5, 5.41) is 3.07. The Morgan fingerprint density at radius 1 is 0.615 bits per heavy atom. The molecule has 0 spiro atoms. The minimum absolute atomic E-state index is 0.112. The van der Waals surface area contributed by atoms with Gasteiger partial charge >= 0.3 is 5.97 Å². The molecule has 0 radical (unpaired) electrons. The highest BCUT2D eigenvalue weighted by atomic mass is 16.5. The van der Waals surface area contributed by atoms with Gasteiger partial charge < -0.3 is 10.1 Å². The third kappa shape index (κ3) is 21.5. The van der Waals surface area contributed by atoms with E-state index >= 15 is 0 Å². The van der Waals surface area contributed by atoms with Crippen LogP contribution in [0.5, 0.6) is 0 Å². The van der Waals surface area contributed by atoms with Crippen molar-refractivity contribution in [3.63, 3.8) is 0 Å². The summed E-state index contributed by atoms with van der Waals surface area (Å²) >= 11 is 0. The molecule has 3 nitrogen and oxygen atoms in total.